The van der Waals surface area contributed by atoms with Gasteiger partial charge in [0, 0.05) is 6.54 Å². The third kappa shape index (κ3) is 3.58. The summed E-state index contributed by atoms with van der Waals surface area (Å²) < 4.78 is 16.2. The van der Waals surface area contributed by atoms with Crippen LogP contribution in [0.25, 0.3) is 0 Å². The van der Waals surface area contributed by atoms with Gasteiger partial charge in [-0.1, -0.05) is 13.8 Å². The van der Waals surface area contributed by atoms with Crippen LogP contribution in [0.4, 0.5) is 4.79 Å². The first kappa shape index (κ1) is 19.9. The predicted octanol–water partition coefficient (Wildman–Crippen LogP) is 2.21. The van der Waals surface area contributed by atoms with E-state index in [1.165, 1.54) is 21.3 Å². The maximum Gasteiger partial charge on any atom is 0.319 e. The third-order valence-electron chi connectivity index (χ3n) is 5.02. The normalized spacial score (nSPS) is 18.8. The Morgan fingerprint density at radius 2 is 1.75 bits per heavy atom. The van der Waals surface area contributed by atoms with Gasteiger partial charge in [-0.15, -0.1) is 0 Å². The lowest BCUT2D eigenvalue weighted by Gasteiger charge is -2.26. The van der Waals surface area contributed by atoms with E-state index in [2.05, 4.69) is 24.5 Å². The van der Waals surface area contributed by atoms with Gasteiger partial charge in [-0.05, 0) is 30.0 Å². The van der Waals surface area contributed by atoms with Crippen molar-refractivity contribution in [3.63, 3.8) is 0 Å². The van der Waals surface area contributed by atoms with Crippen molar-refractivity contribution in [1.29, 1.82) is 0 Å². The predicted molar refractivity (Wildman–Crippen MR) is 104 cm³/mol. The Morgan fingerprint density at radius 3 is 2.29 bits per heavy atom. The molecule has 1 aromatic rings. The molecule has 8 heteroatoms. The van der Waals surface area contributed by atoms with E-state index in [4.69, 9.17) is 14.2 Å². The number of urea groups is 1. The molecule has 28 heavy (non-hydrogen) atoms. The number of carbonyl (C=O) groups is 2. The molecule has 2 aliphatic rings. The molecule has 8 nitrogen and oxygen atoms in total. The Labute approximate surface area is 164 Å². The summed E-state index contributed by atoms with van der Waals surface area (Å²) in [6, 6.07) is 2.59. The van der Waals surface area contributed by atoms with E-state index < -0.39 is 6.04 Å². The van der Waals surface area contributed by atoms with E-state index in [0.29, 0.717) is 53.1 Å². The van der Waals surface area contributed by atoms with E-state index in [1.807, 2.05) is 0 Å². The monoisotopic (exact) mass is 389 g/mol. The van der Waals surface area contributed by atoms with Crippen molar-refractivity contribution in [3.05, 3.63) is 29.0 Å². The molecule has 152 valence electrons. The molecule has 0 spiro atoms. The van der Waals surface area contributed by atoms with Crippen LogP contribution in [-0.4, -0.2) is 51.3 Å². The smallest absolute Gasteiger partial charge is 0.319 e. The van der Waals surface area contributed by atoms with Crippen molar-refractivity contribution in [2.75, 3.05) is 34.4 Å². The Hall–Kier alpha value is -2.90. The van der Waals surface area contributed by atoms with Crippen molar-refractivity contribution in [1.82, 2.24) is 15.5 Å². The van der Waals surface area contributed by atoms with Gasteiger partial charge in [0.1, 0.15) is 0 Å². The van der Waals surface area contributed by atoms with Crippen molar-refractivity contribution in [2.45, 2.75) is 26.3 Å². The highest BCUT2D eigenvalue weighted by Crippen LogP contribution is 2.42. The number of ether oxygens (including phenoxy) is 3. The minimum absolute atomic E-state index is 0.0677. The number of nitrogens with zero attached hydrogens (tertiary/aromatic N) is 1. The van der Waals surface area contributed by atoms with Gasteiger partial charge in [0.2, 0.25) is 5.75 Å². The molecule has 1 aromatic carbocycles. The molecule has 0 aromatic heterocycles. The zero-order chi connectivity index (χ0) is 20.4. The molecule has 0 unspecified atom stereocenters. The van der Waals surface area contributed by atoms with E-state index >= 15 is 0 Å². The number of carbonyl (C=O) groups excluding carboxylic acids is 2. The molecule has 0 saturated heterocycles. The minimum Gasteiger partial charge on any atom is -0.493 e. The highest BCUT2D eigenvalue weighted by Gasteiger charge is 2.40. The summed E-state index contributed by atoms with van der Waals surface area (Å²) in [5.41, 5.74) is 1.89. The molecule has 0 bridgehead atoms. The molecule has 2 heterocycles. The SMILES string of the molecule is COc1cc([C@@H]2NC(=O)NC3=C2C(=O)N(CCC(C)C)C3)cc(OC)c1OC. The van der Waals surface area contributed by atoms with Crippen LogP contribution in [0.1, 0.15) is 31.9 Å². The summed E-state index contributed by atoms with van der Waals surface area (Å²) in [5.74, 6) is 1.81. The summed E-state index contributed by atoms with van der Waals surface area (Å²) in [4.78, 5) is 27.1. The minimum atomic E-state index is -0.589. The quantitative estimate of drug-likeness (QED) is 0.746. The van der Waals surface area contributed by atoms with Crippen LogP contribution in [0.3, 0.4) is 0 Å². The van der Waals surface area contributed by atoms with E-state index in [9.17, 15) is 9.59 Å². The van der Waals surface area contributed by atoms with Crippen molar-refractivity contribution >= 4 is 11.9 Å². The van der Waals surface area contributed by atoms with E-state index in [-0.39, 0.29) is 11.9 Å². The topological polar surface area (TPSA) is 89.1 Å². The maximum atomic E-state index is 13.1. The number of methoxy groups -OCH3 is 3. The van der Waals surface area contributed by atoms with Crippen molar-refractivity contribution in [2.24, 2.45) is 5.92 Å². The number of rotatable bonds is 7. The lowest BCUT2D eigenvalue weighted by Crippen LogP contribution is -2.44. The summed E-state index contributed by atoms with van der Waals surface area (Å²) >= 11 is 0. The van der Waals surface area contributed by atoms with Crippen molar-refractivity contribution in [3.8, 4) is 17.2 Å². The Bertz CT molecular complexity index is 793. The summed E-state index contributed by atoms with van der Waals surface area (Å²) in [6.07, 6.45) is 0.905. The Kier molecular flexibility index (Phi) is 5.67. The highest BCUT2D eigenvalue weighted by atomic mass is 16.5. The van der Waals surface area contributed by atoms with Gasteiger partial charge >= 0.3 is 6.03 Å². The van der Waals surface area contributed by atoms with E-state index in [1.54, 1.807) is 17.0 Å². The molecule has 3 rings (SSSR count). The van der Waals surface area contributed by atoms with Crippen LogP contribution in [0.5, 0.6) is 17.2 Å². The third-order valence-corrected chi connectivity index (χ3v) is 5.02. The molecule has 3 amide bonds. The molecule has 0 fully saturated rings. The first-order valence-corrected chi connectivity index (χ1v) is 9.29. The summed E-state index contributed by atoms with van der Waals surface area (Å²) in [5, 5.41) is 5.64. The van der Waals surface area contributed by atoms with Crippen molar-refractivity contribution < 1.29 is 23.8 Å². The van der Waals surface area contributed by atoms with Gasteiger partial charge in [-0.25, -0.2) is 4.79 Å². The van der Waals surface area contributed by atoms with Crippen LogP contribution in [0.2, 0.25) is 0 Å². The van der Waals surface area contributed by atoms with Crippen LogP contribution in [-0.2, 0) is 4.79 Å². The Morgan fingerprint density at radius 1 is 1.11 bits per heavy atom. The van der Waals surface area contributed by atoms with E-state index in [0.717, 1.165) is 6.42 Å². The first-order chi connectivity index (χ1) is 13.4. The molecule has 0 aliphatic carbocycles. The second-order valence-corrected chi connectivity index (χ2v) is 7.29. The molecule has 2 N–H and O–H groups in total. The summed E-state index contributed by atoms with van der Waals surface area (Å²) in [7, 11) is 4.59. The lowest BCUT2D eigenvalue weighted by molar-refractivity contribution is -0.125. The number of nitrogens with one attached hydrogen (secondary N) is 2. The van der Waals surface area contributed by atoms with Crippen LogP contribution in [0, 0.1) is 5.92 Å². The fourth-order valence-corrected chi connectivity index (χ4v) is 3.54. The number of benzene rings is 1. The number of amides is 3. The molecule has 2 aliphatic heterocycles. The number of hydrogen-bond acceptors (Lipinski definition) is 5. The zero-order valence-corrected chi connectivity index (χ0v) is 16.9. The molecular weight excluding hydrogens is 362 g/mol. The van der Waals surface area contributed by atoms with Crippen LogP contribution < -0.4 is 24.8 Å². The van der Waals surface area contributed by atoms with Gasteiger partial charge in [-0.2, -0.15) is 0 Å². The van der Waals surface area contributed by atoms with Gasteiger partial charge < -0.3 is 29.7 Å². The van der Waals surface area contributed by atoms with Gasteiger partial charge in [-0.3, -0.25) is 4.79 Å². The summed E-state index contributed by atoms with van der Waals surface area (Å²) in [6.45, 7) is 5.31. The maximum absolute atomic E-state index is 13.1. The average Bonchev–Trinajstić information content (AvgIpc) is 2.99. The molecule has 0 saturated carbocycles. The molecule has 1 atom stereocenters. The fourth-order valence-electron chi connectivity index (χ4n) is 3.54. The number of hydrogen-bond donors (Lipinski definition) is 2. The largest absolute Gasteiger partial charge is 0.493 e. The lowest BCUT2D eigenvalue weighted by atomic mass is 9.95. The fraction of sp³-hybridized carbons (Fsp3) is 0.500. The zero-order valence-electron chi connectivity index (χ0n) is 16.9. The first-order valence-electron chi connectivity index (χ1n) is 9.29. The molecule has 0 radical (unpaired) electrons. The van der Waals surface area contributed by atoms with Gasteiger partial charge in [0.05, 0.1) is 45.2 Å². The molecular formula is C20H27N3O5. The average molecular weight is 389 g/mol. The second kappa shape index (κ2) is 8.00. The second-order valence-electron chi connectivity index (χ2n) is 7.29. The van der Waals surface area contributed by atoms with Crippen LogP contribution >= 0.6 is 0 Å². The Balaban J connectivity index is 1.98. The van der Waals surface area contributed by atoms with Gasteiger partial charge in [0.25, 0.3) is 5.91 Å². The standard InChI is InChI=1S/C20H27N3O5/c1-11(2)6-7-23-10-13-16(19(23)24)17(22-20(25)21-13)12-8-14(26-3)18(28-5)15(9-12)27-4/h8-9,11,17H,6-7,10H2,1-5H3,(H2,21,22,25)/t17-/m0/s1. The highest BCUT2D eigenvalue weighted by molar-refractivity contribution is 6.01. The van der Waals surface area contributed by atoms with Gasteiger partial charge in [0.15, 0.2) is 11.5 Å². The van der Waals surface area contributed by atoms with Crippen LogP contribution in [0.15, 0.2) is 23.4 Å².